The van der Waals surface area contributed by atoms with Crippen LogP contribution >= 0.6 is 0 Å². The highest BCUT2D eigenvalue weighted by Gasteiger charge is 2.21. The highest BCUT2D eigenvalue weighted by Crippen LogP contribution is 2.20. The molecule has 0 radical (unpaired) electrons. The van der Waals surface area contributed by atoms with Crippen molar-refractivity contribution in [1.29, 1.82) is 0 Å². The number of rotatable bonds is 3. The molecule has 6 heteroatoms. The third-order valence-corrected chi connectivity index (χ3v) is 4.13. The molecule has 1 N–H and O–H groups in total. The zero-order chi connectivity index (χ0) is 15.5. The number of carbonyl (C=O) groups excluding carboxylic acids is 1. The normalized spacial score (nSPS) is 13.8. The highest BCUT2D eigenvalue weighted by molar-refractivity contribution is 5.74. The van der Waals surface area contributed by atoms with E-state index in [2.05, 4.69) is 45.4 Å². The van der Waals surface area contributed by atoms with E-state index in [4.69, 9.17) is 0 Å². The van der Waals surface area contributed by atoms with Crippen molar-refractivity contribution in [2.24, 2.45) is 0 Å². The summed E-state index contributed by atoms with van der Waals surface area (Å²) in [7, 11) is 0. The maximum absolute atomic E-state index is 12.3. The quantitative estimate of drug-likeness (QED) is 0.943. The summed E-state index contributed by atoms with van der Waals surface area (Å²) < 4.78 is 4.63. The molecule has 6 nitrogen and oxygen atoms in total. The van der Waals surface area contributed by atoms with Gasteiger partial charge in [0.05, 0.1) is 6.54 Å². The van der Waals surface area contributed by atoms with Crippen molar-refractivity contribution in [3.8, 4) is 0 Å². The maximum Gasteiger partial charge on any atom is 0.318 e. The van der Waals surface area contributed by atoms with E-state index >= 15 is 0 Å². The number of hydrogen-bond acceptors (Lipinski definition) is 4. The van der Waals surface area contributed by atoms with Gasteiger partial charge in [-0.15, -0.1) is 0 Å². The lowest BCUT2D eigenvalue weighted by atomic mass is 9.97. The van der Waals surface area contributed by atoms with Gasteiger partial charge in [0, 0.05) is 13.1 Å². The molecule has 3 rings (SSSR count). The molecule has 1 aromatic carbocycles. The van der Waals surface area contributed by atoms with Crippen LogP contribution in [0.15, 0.2) is 22.8 Å². The molecule has 2 amide bonds. The SMILES string of the molecule is CCc1ccc2c(c1)CCN(C(=O)NCc1nonc1C)C2. The monoisotopic (exact) mass is 300 g/mol. The largest absolute Gasteiger partial charge is 0.332 e. The Morgan fingerprint density at radius 2 is 2.23 bits per heavy atom. The summed E-state index contributed by atoms with van der Waals surface area (Å²) in [4.78, 5) is 14.1. The van der Waals surface area contributed by atoms with Gasteiger partial charge in [-0.1, -0.05) is 35.4 Å². The molecule has 1 aliphatic rings. The molecular weight excluding hydrogens is 280 g/mol. The van der Waals surface area contributed by atoms with Gasteiger partial charge in [-0.2, -0.15) is 0 Å². The van der Waals surface area contributed by atoms with Gasteiger partial charge >= 0.3 is 6.03 Å². The molecule has 2 aromatic rings. The van der Waals surface area contributed by atoms with E-state index in [9.17, 15) is 4.79 Å². The molecular formula is C16H20N4O2. The summed E-state index contributed by atoms with van der Waals surface area (Å²) in [6.45, 7) is 5.70. The van der Waals surface area contributed by atoms with Crippen molar-refractivity contribution in [2.75, 3.05) is 6.54 Å². The second-order valence-corrected chi connectivity index (χ2v) is 5.58. The first-order chi connectivity index (χ1) is 10.7. The Morgan fingerprint density at radius 3 is 2.95 bits per heavy atom. The summed E-state index contributed by atoms with van der Waals surface area (Å²) in [5.41, 5.74) is 5.32. The molecule has 0 saturated carbocycles. The van der Waals surface area contributed by atoms with Crippen LogP contribution in [-0.2, 0) is 25.9 Å². The number of nitrogens with one attached hydrogen (secondary N) is 1. The van der Waals surface area contributed by atoms with Crippen LogP contribution in [-0.4, -0.2) is 27.8 Å². The molecule has 2 heterocycles. The fourth-order valence-electron chi connectivity index (χ4n) is 2.68. The average Bonchev–Trinajstić information content (AvgIpc) is 2.96. The zero-order valence-corrected chi connectivity index (χ0v) is 12.9. The Bertz CT molecular complexity index is 681. The Kier molecular flexibility index (Phi) is 4.09. The third kappa shape index (κ3) is 2.95. The van der Waals surface area contributed by atoms with Crippen LogP contribution in [0.2, 0.25) is 0 Å². The van der Waals surface area contributed by atoms with Crippen molar-refractivity contribution in [2.45, 2.75) is 39.8 Å². The van der Waals surface area contributed by atoms with Crippen molar-refractivity contribution in [3.05, 3.63) is 46.3 Å². The summed E-state index contributed by atoms with van der Waals surface area (Å²) >= 11 is 0. The first-order valence-electron chi connectivity index (χ1n) is 7.59. The van der Waals surface area contributed by atoms with Crippen LogP contribution in [0.3, 0.4) is 0 Å². The van der Waals surface area contributed by atoms with Gasteiger partial charge in [0.25, 0.3) is 0 Å². The lowest BCUT2D eigenvalue weighted by Crippen LogP contribution is -2.42. The van der Waals surface area contributed by atoms with Crippen LogP contribution in [0.4, 0.5) is 4.79 Å². The Morgan fingerprint density at radius 1 is 1.36 bits per heavy atom. The average molecular weight is 300 g/mol. The molecule has 0 fully saturated rings. The van der Waals surface area contributed by atoms with Crippen LogP contribution in [0.25, 0.3) is 0 Å². The molecule has 22 heavy (non-hydrogen) atoms. The van der Waals surface area contributed by atoms with Gasteiger partial charge in [0.15, 0.2) is 0 Å². The minimum atomic E-state index is -0.0763. The number of urea groups is 1. The first kappa shape index (κ1) is 14.6. The minimum Gasteiger partial charge on any atom is -0.332 e. The Labute approximate surface area is 129 Å². The van der Waals surface area contributed by atoms with Gasteiger partial charge in [-0.25, -0.2) is 9.42 Å². The lowest BCUT2D eigenvalue weighted by Gasteiger charge is -2.29. The Balaban J connectivity index is 1.61. The van der Waals surface area contributed by atoms with Crippen LogP contribution in [0.5, 0.6) is 0 Å². The number of aromatic nitrogens is 2. The van der Waals surface area contributed by atoms with E-state index in [-0.39, 0.29) is 6.03 Å². The fraction of sp³-hybridized carbons (Fsp3) is 0.438. The van der Waals surface area contributed by atoms with E-state index in [1.54, 1.807) is 6.92 Å². The van der Waals surface area contributed by atoms with Crippen molar-refractivity contribution >= 4 is 6.03 Å². The second-order valence-electron chi connectivity index (χ2n) is 5.58. The van der Waals surface area contributed by atoms with Crippen LogP contribution in [0.1, 0.15) is 35.0 Å². The predicted octanol–water partition coefficient (Wildman–Crippen LogP) is 2.21. The number of aryl methyl sites for hydroxylation is 2. The molecule has 1 aromatic heterocycles. The van der Waals surface area contributed by atoms with Crippen molar-refractivity contribution < 1.29 is 9.42 Å². The maximum atomic E-state index is 12.3. The topological polar surface area (TPSA) is 71.3 Å². The van der Waals surface area contributed by atoms with E-state index in [0.717, 1.165) is 19.4 Å². The molecule has 1 aliphatic heterocycles. The van der Waals surface area contributed by atoms with E-state index in [0.29, 0.717) is 24.5 Å². The molecule has 0 atom stereocenters. The Hall–Kier alpha value is -2.37. The van der Waals surface area contributed by atoms with Crippen LogP contribution < -0.4 is 5.32 Å². The molecule has 0 saturated heterocycles. The molecule has 0 bridgehead atoms. The van der Waals surface area contributed by atoms with Gasteiger partial charge in [-0.3, -0.25) is 0 Å². The van der Waals surface area contributed by atoms with Crippen LogP contribution in [0, 0.1) is 6.92 Å². The number of nitrogens with zero attached hydrogens (tertiary/aromatic N) is 3. The smallest absolute Gasteiger partial charge is 0.318 e. The molecule has 0 spiro atoms. The van der Waals surface area contributed by atoms with Crippen molar-refractivity contribution in [3.63, 3.8) is 0 Å². The zero-order valence-electron chi connectivity index (χ0n) is 12.9. The standard InChI is InChI=1S/C16H20N4O2/c1-3-12-4-5-14-10-20(7-6-13(14)8-12)16(21)17-9-15-11(2)18-22-19-15/h4-5,8H,3,6-7,9-10H2,1-2H3,(H,17,21). The minimum absolute atomic E-state index is 0.0763. The van der Waals surface area contributed by atoms with Gasteiger partial charge in [0.1, 0.15) is 11.4 Å². The number of fused-ring (bicyclic) bond motifs is 1. The fourth-order valence-corrected chi connectivity index (χ4v) is 2.68. The summed E-state index contributed by atoms with van der Waals surface area (Å²) in [6.07, 6.45) is 1.95. The first-order valence-corrected chi connectivity index (χ1v) is 7.59. The molecule has 0 unspecified atom stereocenters. The van der Waals surface area contributed by atoms with E-state index in [1.165, 1.54) is 16.7 Å². The van der Waals surface area contributed by atoms with E-state index < -0.39 is 0 Å². The van der Waals surface area contributed by atoms with Gasteiger partial charge in [0.2, 0.25) is 0 Å². The predicted molar refractivity (Wildman–Crippen MR) is 81.2 cm³/mol. The summed E-state index contributed by atoms with van der Waals surface area (Å²) in [5.74, 6) is 0. The summed E-state index contributed by atoms with van der Waals surface area (Å²) in [5, 5.41) is 10.3. The molecule has 0 aliphatic carbocycles. The highest BCUT2D eigenvalue weighted by atomic mass is 16.6. The third-order valence-electron chi connectivity index (χ3n) is 4.13. The number of hydrogen-bond donors (Lipinski definition) is 1. The second kappa shape index (κ2) is 6.17. The molecule has 116 valence electrons. The lowest BCUT2D eigenvalue weighted by molar-refractivity contribution is 0.191. The number of carbonyl (C=O) groups is 1. The van der Waals surface area contributed by atoms with E-state index in [1.807, 2.05) is 4.90 Å². The van der Waals surface area contributed by atoms with Gasteiger partial charge in [-0.05, 0) is 36.5 Å². The summed E-state index contributed by atoms with van der Waals surface area (Å²) in [6, 6.07) is 6.46. The number of amides is 2. The number of benzene rings is 1. The van der Waals surface area contributed by atoms with Gasteiger partial charge < -0.3 is 10.2 Å². The van der Waals surface area contributed by atoms with Crippen molar-refractivity contribution in [1.82, 2.24) is 20.5 Å².